The summed E-state index contributed by atoms with van der Waals surface area (Å²) >= 11 is 0. The number of hydrogen-bond acceptors (Lipinski definition) is 2. The van der Waals surface area contributed by atoms with Crippen molar-refractivity contribution in [2.75, 3.05) is 0 Å². The third-order valence-electron chi connectivity index (χ3n) is 4.53. The smallest absolute Gasteiger partial charge is 0.0307 e. The zero-order chi connectivity index (χ0) is 12.1. The van der Waals surface area contributed by atoms with Gasteiger partial charge in [-0.05, 0) is 36.7 Å². The van der Waals surface area contributed by atoms with Crippen molar-refractivity contribution in [3.63, 3.8) is 0 Å². The molecule has 0 heterocycles. The largest absolute Gasteiger partial charge is 0.271 e. The van der Waals surface area contributed by atoms with Gasteiger partial charge in [0.25, 0.3) is 0 Å². The van der Waals surface area contributed by atoms with Gasteiger partial charge in [-0.15, -0.1) is 0 Å². The van der Waals surface area contributed by atoms with Gasteiger partial charge in [0.1, 0.15) is 0 Å². The fourth-order valence-electron chi connectivity index (χ4n) is 3.33. The van der Waals surface area contributed by atoms with Gasteiger partial charge >= 0.3 is 0 Å². The number of benzene rings is 1. The average Bonchev–Trinajstić information content (AvgIpc) is 2.87. The molecule has 2 heteroatoms. The lowest BCUT2D eigenvalue weighted by Gasteiger charge is -2.36. The zero-order valence-corrected chi connectivity index (χ0v) is 10.8. The van der Waals surface area contributed by atoms with Crippen LogP contribution in [0.15, 0.2) is 30.3 Å². The monoisotopic (exact) mass is 232 g/mol. The highest BCUT2D eigenvalue weighted by Crippen LogP contribution is 2.44. The van der Waals surface area contributed by atoms with Crippen LogP contribution >= 0.6 is 0 Å². The molecule has 1 aliphatic rings. The van der Waals surface area contributed by atoms with Gasteiger partial charge in [0.15, 0.2) is 0 Å². The Morgan fingerprint density at radius 2 is 1.88 bits per heavy atom. The summed E-state index contributed by atoms with van der Waals surface area (Å²) in [5, 5.41) is 0. The Morgan fingerprint density at radius 1 is 1.24 bits per heavy atom. The highest BCUT2D eigenvalue weighted by atomic mass is 15.2. The molecule has 17 heavy (non-hydrogen) atoms. The van der Waals surface area contributed by atoms with Crippen molar-refractivity contribution >= 4 is 0 Å². The summed E-state index contributed by atoms with van der Waals surface area (Å²) in [6.45, 7) is 2.31. The maximum atomic E-state index is 5.81. The van der Waals surface area contributed by atoms with Crippen LogP contribution in [-0.2, 0) is 6.42 Å². The summed E-state index contributed by atoms with van der Waals surface area (Å²) in [7, 11) is 0. The Balaban J connectivity index is 2.10. The molecule has 1 aliphatic carbocycles. The SMILES string of the molecule is CCC1(C(Cc2ccccc2)NN)CCCC1. The van der Waals surface area contributed by atoms with Gasteiger partial charge in [-0.1, -0.05) is 50.1 Å². The lowest BCUT2D eigenvalue weighted by Crippen LogP contribution is -2.48. The second kappa shape index (κ2) is 5.65. The lowest BCUT2D eigenvalue weighted by atomic mass is 9.74. The van der Waals surface area contributed by atoms with Crippen molar-refractivity contribution in [1.82, 2.24) is 5.43 Å². The van der Waals surface area contributed by atoms with Gasteiger partial charge in [0.2, 0.25) is 0 Å². The summed E-state index contributed by atoms with van der Waals surface area (Å²) in [6.07, 6.45) is 7.65. The summed E-state index contributed by atoms with van der Waals surface area (Å²) < 4.78 is 0. The Labute approximate surface area is 105 Å². The van der Waals surface area contributed by atoms with E-state index in [4.69, 9.17) is 5.84 Å². The molecule has 0 bridgehead atoms. The van der Waals surface area contributed by atoms with E-state index in [1.807, 2.05) is 0 Å². The summed E-state index contributed by atoms with van der Waals surface area (Å²) in [4.78, 5) is 0. The minimum atomic E-state index is 0.414. The van der Waals surface area contributed by atoms with E-state index in [1.165, 1.54) is 37.7 Å². The molecule has 2 rings (SSSR count). The van der Waals surface area contributed by atoms with Gasteiger partial charge in [-0.3, -0.25) is 11.3 Å². The van der Waals surface area contributed by atoms with Crippen molar-refractivity contribution in [3.8, 4) is 0 Å². The molecule has 0 aliphatic heterocycles. The van der Waals surface area contributed by atoms with Crippen LogP contribution in [0, 0.1) is 5.41 Å². The maximum Gasteiger partial charge on any atom is 0.0307 e. The second-order valence-electron chi connectivity index (χ2n) is 5.33. The normalized spacial score (nSPS) is 20.4. The van der Waals surface area contributed by atoms with E-state index in [0.717, 1.165) is 6.42 Å². The van der Waals surface area contributed by atoms with Crippen LogP contribution in [0.3, 0.4) is 0 Å². The third-order valence-corrected chi connectivity index (χ3v) is 4.53. The molecule has 1 unspecified atom stereocenters. The molecule has 1 aromatic carbocycles. The van der Waals surface area contributed by atoms with Crippen molar-refractivity contribution in [2.45, 2.75) is 51.5 Å². The van der Waals surface area contributed by atoms with E-state index < -0.39 is 0 Å². The van der Waals surface area contributed by atoms with Gasteiger partial charge in [-0.25, -0.2) is 0 Å². The van der Waals surface area contributed by atoms with Gasteiger partial charge < -0.3 is 0 Å². The molecule has 1 aromatic rings. The van der Waals surface area contributed by atoms with Crippen LogP contribution in [0.4, 0.5) is 0 Å². The molecule has 0 saturated heterocycles. The van der Waals surface area contributed by atoms with Gasteiger partial charge in [0.05, 0.1) is 0 Å². The first-order valence-corrected chi connectivity index (χ1v) is 6.81. The number of nitrogens with two attached hydrogens (primary N) is 1. The van der Waals surface area contributed by atoms with Crippen LogP contribution in [0.2, 0.25) is 0 Å². The predicted octanol–water partition coefficient (Wildman–Crippen LogP) is 3.03. The molecule has 94 valence electrons. The van der Waals surface area contributed by atoms with Crippen LogP contribution in [0.5, 0.6) is 0 Å². The van der Waals surface area contributed by atoms with E-state index >= 15 is 0 Å². The van der Waals surface area contributed by atoms with Crippen LogP contribution < -0.4 is 11.3 Å². The van der Waals surface area contributed by atoms with Crippen LogP contribution in [-0.4, -0.2) is 6.04 Å². The van der Waals surface area contributed by atoms with Crippen LogP contribution in [0.25, 0.3) is 0 Å². The maximum absolute atomic E-state index is 5.81. The Bertz CT molecular complexity index is 328. The van der Waals surface area contributed by atoms with E-state index in [0.29, 0.717) is 11.5 Å². The molecular formula is C15H24N2. The first kappa shape index (κ1) is 12.6. The number of hydrazine groups is 1. The molecule has 1 fully saturated rings. The topological polar surface area (TPSA) is 38.0 Å². The van der Waals surface area contributed by atoms with E-state index in [9.17, 15) is 0 Å². The molecule has 0 amide bonds. The summed E-state index contributed by atoms with van der Waals surface area (Å²) in [6, 6.07) is 11.1. The average molecular weight is 232 g/mol. The fourth-order valence-corrected chi connectivity index (χ4v) is 3.33. The predicted molar refractivity (Wildman–Crippen MR) is 72.4 cm³/mol. The molecule has 0 spiro atoms. The Hall–Kier alpha value is -0.860. The van der Waals surface area contributed by atoms with E-state index in [2.05, 4.69) is 42.7 Å². The minimum Gasteiger partial charge on any atom is -0.271 e. The third kappa shape index (κ3) is 2.70. The molecule has 0 radical (unpaired) electrons. The van der Waals surface area contributed by atoms with E-state index in [-0.39, 0.29) is 0 Å². The van der Waals surface area contributed by atoms with Gasteiger partial charge in [0, 0.05) is 6.04 Å². The zero-order valence-electron chi connectivity index (χ0n) is 10.8. The Morgan fingerprint density at radius 3 is 2.41 bits per heavy atom. The fraction of sp³-hybridized carbons (Fsp3) is 0.600. The number of rotatable bonds is 5. The molecule has 1 atom stereocenters. The summed E-state index contributed by atoms with van der Waals surface area (Å²) in [5.74, 6) is 5.81. The second-order valence-corrected chi connectivity index (χ2v) is 5.33. The molecule has 2 nitrogen and oxygen atoms in total. The highest BCUT2D eigenvalue weighted by Gasteiger charge is 2.39. The van der Waals surface area contributed by atoms with Crippen LogP contribution in [0.1, 0.15) is 44.6 Å². The number of hydrogen-bond donors (Lipinski definition) is 2. The van der Waals surface area contributed by atoms with Gasteiger partial charge in [-0.2, -0.15) is 0 Å². The van der Waals surface area contributed by atoms with E-state index in [1.54, 1.807) is 0 Å². The molecule has 0 aromatic heterocycles. The molecular weight excluding hydrogens is 208 g/mol. The molecule has 3 N–H and O–H groups in total. The summed E-state index contributed by atoms with van der Waals surface area (Å²) in [5.41, 5.74) is 4.89. The van der Waals surface area contributed by atoms with Crippen molar-refractivity contribution in [1.29, 1.82) is 0 Å². The van der Waals surface area contributed by atoms with Crippen molar-refractivity contribution in [2.24, 2.45) is 11.3 Å². The molecule has 1 saturated carbocycles. The van der Waals surface area contributed by atoms with Crippen molar-refractivity contribution in [3.05, 3.63) is 35.9 Å². The van der Waals surface area contributed by atoms with Crippen molar-refractivity contribution < 1.29 is 0 Å². The first-order chi connectivity index (χ1) is 8.30. The minimum absolute atomic E-state index is 0.414. The quantitative estimate of drug-likeness (QED) is 0.605. The number of nitrogens with one attached hydrogen (secondary N) is 1. The highest BCUT2D eigenvalue weighted by molar-refractivity contribution is 5.17. The Kier molecular flexibility index (Phi) is 4.19. The lowest BCUT2D eigenvalue weighted by molar-refractivity contribution is 0.185. The first-order valence-electron chi connectivity index (χ1n) is 6.81. The standard InChI is InChI=1S/C15H24N2/c1-2-15(10-6-7-11-15)14(17-16)12-13-8-4-3-5-9-13/h3-5,8-9,14,17H,2,6-7,10-12,16H2,1H3.